The fraction of sp³-hybridized carbons (Fsp3) is 0.500. The van der Waals surface area contributed by atoms with Gasteiger partial charge in [0.15, 0.2) is 0 Å². The first-order valence-corrected chi connectivity index (χ1v) is 6.74. The zero-order valence-corrected chi connectivity index (χ0v) is 12.5. The highest BCUT2D eigenvalue weighted by Crippen LogP contribution is 2.04. The van der Waals surface area contributed by atoms with Gasteiger partial charge in [0.2, 0.25) is 5.91 Å². The molecule has 0 saturated carbocycles. The molecule has 0 aliphatic heterocycles. The average molecular weight is 294 g/mol. The van der Waals surface area contributed by atoms with Crippen LogP contribution < -0.4 is 11.1 Å². The molecule has 1 aromatic rings. The van der Waals surface area contributed by atoms with Gasteiger partial charge < -0.3 is 20.7 Å². The Labute approximate surface area is 124 Å². The van der Waals surface area contributed by atoms with E-state index in [0.29, 0.717) is 24.4 Å². The largest absolute Gasteiger partial charge is 0.385 e. The van der Waals surface area contributed by atoms with Gasteiger partial charge in [-0.15, -0.1) is 0 Å². The number of nitrogens with zero attached hydrogens (tertiary/aromatic N) is 2. The predicted octanol–water partition coefficient (Wildman–Crippen LogP) is -0.235. The van der Waals surface area contributed by atoms with Crippen LogP contribution in [0.4, 0.5) is 0 Å². The molecule has 1 rings (SSSR count). The second kappa shape index (κ2) is 9.04. The lowest BCUT2D eigenvalue weighted by molar-refractivity contribution is -0.121. The Balaban J connectivity index is 2.48. The summed E-state index contributed by atoms with van der Waals surface area (Å²) in [5, 5.41) is 2.73. The third-order valence-corrected chi connectivity index (χ3v) is 2.85. The summed E-state index contributed by atoms with van der Waals surface area (Å²) in [5.74, 6) is -0.436. The Morgan fingerprint density at radius 2 is 2.24 bits per heavy atom. The molecular weight excluding hydrogens is 272 g/mol. The predicted molar refractivity (Wildman–Crippen MR) is 78.6 cm³/mol. The molecule has 0 saturated heterocycles. The number of ether oxygens (including phenoxy) is 1. The summed E-state index contributed by atoms with van der Waals surface area (Å²) < 4.78 is 4.89. The number of hydrogen-bond donors (Lipinski definition) is 2. The third kappa shape index (κ3) is 5.88. The van der Waals surface area contributed by atoms with Crippen LogP contribution in [0.2, 0.25) is 0 Å². The number of carbonyl (C=O) groups is 2. The van der Waals surface area contributed by atoms with Gasteiger partial charge in [-0.3, -0.25) is 14.6 Å². The van der Waals surface area contributed by atoms with Gasteiger partial charge in [-0.1, -0.05) is 0 Å². The van der Waals surface area contributed by atoms with Crippen LogP contribution in [0.5, 0.6) is 0 Å². The molecule has 0 aliphatic rings. The molecule has 0 aromatic carbocycles. The number of amides is 2. The summed E-state index contributed by atoms with van der Waals surface area (Å²) in [6.45, 7) is 1.39. The zero-order valence-electron chi connectivity index (χ0n) is 12.5. The summed E-state index contributed by atoms with van der Waals surface area (Å²) in [5.41, 5.74) is 6.60. The molecule has 7 nitrogen and oxygen atoms in total. The van der Waals surface area contributed by atoms with Crippen molar-refractivity contribution in [2.45, 2.75) is 13.0 Å². The smallest absolute Gasteiger partial charge is 0.254 e. The number of likely N-dealkylation sites (N-methyl/N-ethyl adjacent to an activating group) is 1. The minimum absolute atomic E-state index is 0.00605. The maximum atomic E-state index is 12.2. The van der Waals surface area contributed by atoms with E-state index in [9.17, 15) is 9.59 Å². The molecule has 21 heavy (non-hydrogen) atoms. The Kier molecular flexibility index (Phi) is 7.34. The number of rotatable bonds is 8. The van der Waals surface area contributed by atoms with Crippen LogP contribution in [-0.4, -0.2) is 55.6 Å². The van der Waals surface area contributed by atoms with E-state index < -0.39 is 0 Å². The van der Waals surface area contributed by atoms with Gasteiger partial charge in [0.05, 0.1) is 12.2 Å². The first-order chi connectivity index (χ1) is 10.1. The second-order valence-electron chi connectivity index (χ2n) is 4.60. The molecule has 1 heterocycles. The van der Waals surface area contributed by atoms with Crippen LogP contribution in [0, 0.1) is 0 Å². The third-order valence-electron chi connectivity index (χ3n) is 2.85. The van der Waals surface area contributed by atoms with Crippen molar-refractivity contribution in [1.29, 1.82) is 0 Å². The van der Waals surface area contributed by atoms with Crippen LogP contribution in [0.3, 0.4) is 0 Å². The van der Waals surface area contributed by atoms with E-state index in [2.05, 4.69) is 10.3 Å². The monoisotopic (exact) mass is 294 g/mol. The fourth-order valence-corrected chi connectivity index (χ4v) is 1.73. The van der Waals surface area contributed by atoms with Crippen molar-refractivity contribution in [1.82, 2.24) is 15.2 Å². The van der Waals surface area contributed by atoms with Gasteiger partial charge in [0, 0.05) is 45.6 Å². The van der Waals surface area contributed by atoms with Gasteiger partial charge >= 0.3 is 0 Å². The van der Waals surface area contributed by atoms with Crippen molar-refractivity contribution in [3.05, 3.63) is 29.6 Å². The van der Waals surface area contributed by atoms with E-state index in [1.807, 2.05) is 0 Å². The highest BCUT2D eigenvalue weighted by Gasteiger charge is 2.15. The summed E-state index contributed by atoms with van der Waals surface area (Å²) in [4.78, 5) is 29.3. The van der Waals surface area contributed by atoms with Crippen LogP contribution >= 0.6 is 0 Å². The highest BCUT2D eigenvalue weighted by molar-refractivity contribution is 5.96. The van der Waals surface area contributed by atoms with Gasteiger partial charge in [-0.05, 0) is 18.6 Å². The van der Waals surface area contributed by atoms with Gasteiger partial charge in [0.25, 0.3) is 5.91 Å². The zero-order chi connectivity index (χ0) is 15.7. The van der Waals surface area contributed by atoms with Crippen molar-refractivity contribution < 1.29 is 14.3 Å². The van der Waals surface area contributed by atoms with Gasteiger partial charge in [-0.2, -0.15) is 0 Å². The van der Waals surface area contributed by atoms with Crippen LogP contribution in [0.15, 0.2) is 18.3 Å². The number of pyridine rings is 1. The highest BCUT2D eigenvalue weighted by atomic mass is 16.5. The molecule has 0 radical (unpaired) electrons. The topological polar surface area (TPSA) is 97.5 Å². The molecule has 3 N–H and O–H groups in total. The number of nitrogens with two attached hydrogens (primary N) is 1. The molecule has 0 spiro atoms. The maximum absolute atomic E-state index is 12.2. The number of carbonyl (C=O) groups excluding carboxylic acids is 2. The van der Waals surface area contributed by atoms with Gasteiger partial charge in [0.1, 0.15) is 0 Å². The molecule has 2 amide bonds. The average Bonchev–Trinajstić information content (AvgIpc) is 2.50. The van der Waals surface area contributed by atoms with Crippen molar-refractivity contribution in [3.63, 3.8) is 0 Å². The van der Waals surface area contributed by atoms with E-state index >= 15 is 0 Å². The lowest BCUT2D eigenvalue weighted by Gasteiger charge is -2.17. The van der Waals surface area contributed by atoms with E-state index in [4.69, 9.17) is 10.5 Å². The second-order valence-corrected chi connectivity index (χ2v) is 4.60. The number of hydrogen-bond acceptors (Lipinski definition) is 5. The summed E-state index contributed by atoms with van der Waals surface area (Å²) in [6.07, 6.45) is 2.28. The first-order valence-electron chi connectivity index (χ1n) is 6.74. The van der Waals surface area contributed by atoms with Crippen LogP contribution in [-0.2, 0) is 16.1 Å². The molecule has 116 valence electrons. The molecule has 0 unspecified atom stereocenters. The summed E-state index contributed by atoms with van der Waals surface area (Å²) in [6, 6.07) is 3.24. The lowest BCUT2D eigenvalue weighted by Crippen LogP contribution is -2.38. The van der Waals surface area contributed by atoms with E-state index in [1.54, 1.807) is 26.3 Å². The number of nitrogens with one attached hydrogen (secondary N) is 1. The Bertz CT molecular complexity index is 479. The minimum Gasteiger partial charge on any atom is -0.385 e. The molecule has 0 bridgehead atoms. The number of methoxy groups -OCH3 is 1. The van der Waals surface area contributed by atoms with Crippen molar-refractivity contribution in [2.75, 3.05) is 33.9 Å². The Morgan fingerprint density at radius 3 is 2.90 bits per heavy atom. The summed E-state index contributed by atoms with van der Waals surface area (Å²) >= 11 is 0. The quantitative estimate of drug-likeness (QED) is 0.645. The summed E-state index contributed by atoms with van der Waals surface area (Å²) in [7, 11) is 3.19. The SMILES string of the molecule is COCCCNC(=O)CN(C)C(=O)c1ccnc(CN)c1. The van der Waals surface area contributed by atoms with Crippen LogP contribution in [0.25, 0.3) is 0 Å². The molecular formula is C14H22N4O3. The van der Waals surface area contributed by atoms with Crippen LogP contribution in [0.1, 0.15) is 22.5 Å². The molecule has 7 heteroatoms. The standard InChI is InChI=1S/C14H22N4O3/c1-18(10-13(19)17-5-3-7-21-2)14(20)11-4-6-16-12(8-11)9-15/h4,6,8H,3,5,7,9-10,15H2,1-2H3,(H,17,19). The van der Waals surface area contributed by atoms with Crippen molar-refractivity contribution >= 4 is 11.8 Å². The normalized spacial score (nSPS) is 10.2. The van der Waals surface area contributed by atoms with E-state index in [1.165, 1.54) is 11.1 Å². The molecule has 0 fully saturated rings. The lowest BCUT2D eigenvalue weighted by atomic mass is 10.2. The fourth-order valence-electron chi connectivity index (χ4n) is 1.73. The number of aromatic nitrogens is 1. The first kappa shape index (κ1) is 17.1. The molecule has 0 atom stereocenters. The van der Waals surface area contributed by atoms with E-state index in [0.717, 1.165) is 6.42 Å². The van der Waals surface area contributed by atoms with Crippen molar-refractivity contribution in [3.8, 4) is 0 Å². The van der Waals surface area contributed by atoms with Crippen molar-refractivity contribution in [2.24, 2.45) is 5.73 Å². The van der Waals surface area contributed by atoms with Gasteiger partial charge in [-0.25, -0.2) is 0 Å². The van der Waals surface area contributed by atoms with E-state index in [-0.39, 0.29) is 24.9 Å². The minimum atomic E-state index is -0.237. The maximum Gasteiger partial charge on any atom is 0.254 e. The Hall–Kier alpha value is -1.99. The molecule has 0 aliphatic carbocycles. The Morgan fingerprint density at radius 1 is 1.48 bits per heavy atom. The molecule has 1 aromatic heterocycles.